The Hall–Kier alpha value is -3.35. The maximum absolute atomic E-state index is 12.5. The fourth-order valence-electron chi connectivity index (χ4n) is 2.83. The van der Waals surface area contributed by atoms with Crippen molar-refractivity contribution < 1.29 is 24.2 Å². The summed E-state index contributed by atoms with van der Waals surface area (Å²) in [6.07, 6.45) is 2.02. The Balaban J connectivity index is 2.15. The third-order valence-corrected chi connectivity index (χ3v) is 3.99. The molecule has 2 aromatic rings. The highest BCUT2D eigenvalue weighted by Crippen LogP contribution is 2.41. The van der Waals surface area contributed by atoms with Gasteiger partial charge in [-0.3, -0.25) is 14.5 Å². The zero-order valence-electron chi connectivity index (χ0n) is 13.7. The number of pyridine rings is 1. The number of anilines is 1. The Morgan fingerprint density at radius 2 is 1.92 bits per heavy atom. The van der Waals surface area contributed by atoms with Gasteiger partial charge in [0.1, 0.15) is 5.82 Å². The van der Waals surface area contributed by atoms with Crippen molar-refractivity contribution in [3.8, 4) is 11.5 Å². The number of carbonyl (C=O) groups excluding carboxylic acids is 2. The molecule has 1 N–H and O–H groups in total. The highest BCUT2D eigenvalue weighted by atomic mass is 16.5. The predicted molar refractivity (Wildman–Crippen MR) is 89.7 cm³/mol. The molecule has 0 saturated heterocycles. The highest BCUT2D eigenvalue weighted by molar-refractivity contribution is 6.12. The number of ether oxygens (including phenoxy) is 2. The summed E-state index contributed by atoms with van der Waals surface area (Å²) >= 11 is 0. The molecule has 0 fully saturated rings. The van der Waals surface area contributed by atoms with Crippen LogP contribution in [0.2, 0.25) is 0 Å². The molecule has 1 unspecified atom stereocenters. The van der Waals surface area contributed by atoms with Gasteiger partial charge in [-0.1, -0.05) is 12.1 Å². The van der Waals surface area contributed by atoms with Crippen LogP contribution in [0.1, 0.15) is 11.6 Å². The first-order valence-corrected chi connectivity index (χ1v) is 7.47. The van der Waals surface area contributed by atoms with Gasteiger partial charge >= 0.3 is 0 Å². The molecule has 1 aromatic carbocycles. The van der Waals surface area contributed by atoms with Gasteiger partial charge in [-0.15, -0.1) is 0 Å². The summed E-state index contributed by atoms with van der Waals surface area (Å²) in [5.74, 6) is 0.0302. The molecule has 1 aliphatic rings. The van der Waals surface area contributed by atoms with E-state index in [2.05, 4.69) is 4.98 Å². The summed E-state index contributed by atoms with van der Waals surface area (Å²) < 4.78 is 10.5. The van der Waals surface area contributed by atoms with Crippen molar-refractivity contribution in [2.45, 2.75) is 6.04 Å². The van der Waals surface area contributed by atoms with Gasteiger partial charge < -0.3 is 14.6 Å². The average molecular weight is 340 g/mol. The largest absolute Gasteiger partial charge is 0.503 e. The topological polar surface area (TPSA) is 89.0 Å². The SMILES string of the molecule is COc1ccc(C2C(C=O)=C(O)C(=O)N2c2ccccn2)cc1OC. The van der Waals surface area contributed by atoms with Gasteiger partial charge in [0, 0.05) is 6.20 Å². The van der Waals surface area contributed by atoms with Crippen molar-refractivity contribution in [2.75, 3.05) is 19.1 Å². The summed E-state index contributed by atoms with van der Waals surface area (Å²) in [6.45, 7) is 0. The molecule has 0 spiro atoms. The second-order valence-electron chi connectivity index (χ2n) is 5.30. The molecular formula is C18H16N2O5. The van der Waals surface area contributed by atoms with Crippen LogP contribution in [-0.2, 0) is 9.59 Å². The first-order chi connectivity index (χ1) is 12.1. The highest BCUT2D eigenvalue weighted by Gasteiger charge is 2.42. The molecule has 7 nitrogen and oxygen atoms in total. The zero-order valence-corrected chi connectivity index (χ0v) is 13.7. The summed E-state index contributed by atoms with van der Waals surface area (Å²) in [5.41, 5.74) is 0.561. The fraction of sp³-hybridized carbons (Fsp3) is 0.167. The van der Waals surface area contributed by atoms with Crippen LogP contribution in [-0.4, -0.2) is 36.5 Å². The minimum Gasteiger partial charge on any atom is -0.503 e. The van der Waals surface area contributed by atoms with Gasteiger partial charge in [-0.25, -0.2) is 4.98 Å². The molecule has 0 aliphatic carbocycles. The Bertz CT molecular complexity index is 848. The molecule has 1 atom stereocenters. The van der Waals surface area contributed by atoms with Crippen molar-refractivity contribution in [3.63, 3.8) is 0 Å². The fourth-order valence-corrected chi connectivity index (χ4v) is 2.83. The Labute approximate surface area is 144 Å². The standard InChI is InChI=1S/C18H16N2O5/c1-24-13-7-6-11(9-14(13)25-2)16-12(10-21)17(22)18(23)20(16)15-5-3-4-8-19-15/h3-10,16,22H,1-2H3. The summed E-state index contributed by atoms with van der Waals surface area (Å²) in [7, 11) is 3.01. The lowest BCUT2D eigenvalue weighted by Gasteiger charge is -2.25. The maximum atomic E-state index is 12.5. The van der Waals surface area contributed by atoms with Crippen LogP contribution in [0, 0.1) is 0 Å². The molecule has 3 rings (SSSR count). The van der Waals surface area contributed by atoms with Crippen molar-refractivity contribution in [1.29, 1.82) is 0 Å². The number of benzene rings is 1. The zero-order chi connectivity index (χ0) is 18.0. The van der Waals surface area contributed by atoms with Crippen molar-refractivity contribution >= 4 is 18.0 Å². The number of hydrogen-bond donors (Lipinski definition) is 1. The number of aldehydes is 1. The minimum atomic E-state index is -0.806. The van der Waals surface area contributed by atoms with E-state index in [1.165, 1.54) is 25.3 Å². The van der Waals surface area contributed by atoms with Crippen LogP contribution in [0.15, 0.2) is 53.9 Å². The van der Waals surface area contributed by atoms with Crippen molar-refractivity contribution in [2.24, 2.45) is 0 Å². The molecule has 1 amide bonds. The average Bonchev–Trinajstić information content (AvgIpc) is 2.92. The second-order valence-corrected chi connectivity index (χ2v) is 5.30. The van der Waals surface area contributed by atoms with Gasteiger partial charge in [0.25, 0.3) is 5.91 Å². The first-order valence-electron chi connectivity index (χ1n) is 7.47. The van der Waals surface area contributed by atoms with E-state index < -0.39 is 17.7 Å². The summed E-state index contributed by atoms with van der Waals surface area (Å²) in [4.78, 5) is 29.5. The van der Waals surface area contributed by atoms with Crippen LogP contribution in [0.4, 0.5) is 5.82 Å². The summed E-state index contributed by atoms with van der Waals surface area (Å²) in [6, 6.07) is 9.30. The molecule has 7 heteroatoms. The number of aliphatic hydroxyl groups is 1. The number of aliphatic hydroxyl groups excluding tert-OH is 1. The van der Waals surface area contributed by atoms with Crippen molar-refractivity contribution in [1.82, 2.24) is 4.98 Å². The van der Waals surface area contributed by atoms with E-state index in [9.17, 15) is 14.7 Å². The predicted octanol–water partition coefficient (Wildman–Crippen LogP) is 2.20. The number of carbonyl (C=O) groups is 2. The molecule has 0 saturated carbocycles. The number of hydrogen-bond acceptors (Lipinski definition) is 6. The normalized spacial score (nSPS) is 17.0. The van der Waals surface area contributed by atoms with E-state index in [1.54, 1.807) is 36.4 Å². The van der Waals surface area contributed by atoms with Crippen molar-refractivity contribution in [3.05, 3.63) is 59.5 Å². The Morgan fingerprint density at radius 3 is 2.52 bits per heavy atom. The minimum absolute atomic E-state index is 0.0251. The Kier molecular flexibility index (Phi) is 4.38. The van der Waals surface area contributed by atoms with E-state index in [-0.39, 0.29) is 5.57 Å². The van der Waals surface area contributed by atoms with E-state index in [4.69, 9.17) is 9.47 Å². The molecule has 1 aromatic heterocycles. The van der Waals surface area contributed by atoms with E-state index in [0.717, 1.165) is 0 Å². The lowest BCUT2D eigenvalue weighted by atomic mass is 9.99. The van der Waals surface area contributed by atoms with Crippen LogP contribution < -0.4 is 14.4 Å². The molecule has 2 heterocycles. The molecule has 1 aliphatic heterocycles. The van der Waals surface area contributed by atoms with E-state index in [0.29, 0.717) is 29.2 Å². The Morgan fingerprint density at radius 1 is 1.16 bits per heavy atom. The van der Waals surface area contributed by atoms with Gasteiger partial charge in [0.15, 0.2) is 23.5 Å². The lowest BCUT2D eigenvalue weighted by molar-refractivity contribution is -0.117. The molecular weight excluding hydrogens is 324 g/mol. The summed E-state index contributed by atoms with van der Waals surface area (Å²) in [5, 5.41) is 10.1. The second kappa shape index (κ2) is 6.64. The van der Waals surface area contributed by atoms with Gasteiger partial charge in [0.05, 0.1) is 25.8 Å². The number of nitrogens with zero attached hydrogens (tertiary/aromatic N) is 2. The third kappa shape index (κ3) is 2.69. The third-order valence-electron chi connectivity index (χ3n) is 3.99. The lowest BCUT2D eigenvalue weighted by Crippen LogP contribution is -2.31. The maximum Gasteiger partial charge on any atom is 0.295 e. The molecule has 128 valence electrons. The number of aromatic nitrogens is 1. The van der Waals surface area contributed by atoms with Crippen LogP contribution >= 0.6 is 0 Å². The quantitative estimate of drug-likeness (QED) is 0.840. The van der Waals surface area contributed by atoms with Gasteiger partial charge in [-0.05, 0) is 29.8 Å². The smallest absolute Gasteiger partial charge is 0.295 e. The van der Waals surface area contributed by atoms with Gasteiger partial charge in [-0.2, -0.15) is 0 Å². The van der Waals surface area contributed by atoms with Crippen LogP contribution in [0.5, 0.6) is 11.5 Å². The van der Waals surface area contributed by atoms with Gasteiger partial charge in [0.2, 0.25) is 0 Å². The number of rotatable bonds is 5. The molecule has 25 heavy (non-hydrogen) atoms. The van der Waals surface area contributed by atoms with Crippen LogP contribution in [0.3, 0.4) is 0 Å². The monoisotopic (exact) mass is 340 g/mol. The van der Waals surface area contributed by atoms with Crippen LogP contribution in [0.25, 0.3) is 0 Å². The first kappa shape index (κ1) is 16.5. The van der Waals surface area contributed by atoms with E-state index in [1.807, 2.05) is 0 Å². The molecule has 0 radical (unpaired) electrons. The number of methoxy groups -OCH3 is 2. The van der Waals surface area contributed by atoms with E-state index >= 15 is 0 Å². The molecule has 0 bridgehead atoms. The number of amides is 1.